The highest BCUT2D eigenvalue weighted by molar-refractivity contribution is 7.91. The Balaban J connectivity index is 2.10. The van der Waals surface area contributed by atoms with E-state index in [2.05, 4.69) is 11.7 Å². The van der Waals surface area contributed by atoms with Crippen molar-refractivity contribution in [3.63, 3.8) is 0 Å². The van der Waals surface area contributed by atoms with Gasteiger partial charge in [0.25, 0.3) is 9.84 Å². The summed E-state index contributed by atoms with van der Waals surface area (Å²) in [6.07, 6.45) is 2.38. The van der Waals surface area contributed by atoms with E-state index in [-0.39, 0.29) is 12.0 Å². The van der Waals surface area contributed by atoms with E-state index in [4.69, 9.17) is 0 Å². The van der Waals surface area contributed by atoms with Crippen LogP contribution in [0, 0.1) is 0 Å². The third-order valence-corrected chi connectivity index (χ3v) is 5.14. The first-order valence-electron chi connectivity index (χ1n) is 6.74. The second-order valence-corrected chi connectivity index (χ2v) is 7.03. The Hall–Kier alpha value is -2.02. The summed E-state index contributed by atoms with van der Waals surface area (Å²) in [6.45, 7) is 3.74. The molecule has 0 saturated heterocycles. The fraction of sp³-hybridized carbons (Fsp3) is 0.267. The average Bonchev–Trinajstić information content (AvgIpc) is 3.07. The molecule has 0 aliphatic carbocycles. The average molecular weight is 324 g/mol. The number of hydrogen-bond acceptors (Lipinski definition) is 3. The van der Waals surface area contributed by atoms with Gasteiger partial charge in [0, 0.05) is 11.6 Å². The molecule has 0 amide bonds. The first-order valence-corrected chi connectivity index (χ1v) is 8.28. The maximum atomic E-state index is 12.7. The largest absolute Gasteiger partial charge is 0.342 e. The van der Waals surface area contributed by atoms with E-state index in [1.165, 1.54) is 10.7 Å². The predicted octanol–water partition coefficient (Wildman–Crippen LogP) is 3.14. The van der Waals surface area contributed by atoms with Gasteiger partial charge in [0.05, 0.1) is 6.04 Å². The van der Waals surface area contributed by atoms with E-state index in [0.29, 0.717) is 12.1 Å². The topological polar surface area (TPSA) is 52.0 Å². The van der Waals surface area contributed by atoms with Crippen LogP contribution >= 0.6 is 0 Å². The number of hydrogen-bond donors (Lipinski definition) is 0. The van der Waals surface area contributed by atoms with E-state index in [1.807, 2.05) is 30.3 Å². The van der Waals surface area contributed by atoms with Gasteiger partial charge in [-0.3, -0.25) is 4.68 Å². The predicted molar refractivity (Wildman–Crippen MR) is 77.6 cm³/mol. The molecule has 0 saturated carbocycles. The van der Waals surface area contributed by atoms with Crippen LogP contribution in [0.25, 0.3) is 0 Å². The number of fused-ring (bicyclic) bond motifs is 1. The Bertz CT molecular complexity index is 800. The van der Waals surface area contributed by atoms with Crippen LogP contribution in [0.2, 0.25) is 0 Å². The highest BCUT2D eigenvalue weighted by atomic mass is 32.2. The minimum Gasteiger partial charge on any atom is -0.260 e. The van der Waals surface area contributed by atoms with Gasteiger partial charge in [0.1, 0.15) is 0 Å². The molecule has 0 bridgehead atoms. The lowest BCUT2D eigenvalue weighted by Crippen LogP contribution is -2.14. The minimum absolute atomic E-state index is 0.112. The third kappa shape index (κ3) is 2.25. The Labute approximate surface area is 127 Å². The number of aromatic nitrogens is 2. The van der Waals surface area contributed by atoms with Crippen LogP contribution in [0.1, 0.15) is 29.6 Å². The van der Waals surface area contributed by atoms with Gasteiger partial charge in [0.15, 0.2) is 5.03 Å². The van der Waals surface area contributed by atoms with Gasteiger partial charge in [-0.2, -0.15) is 13.9 Å². The summed E-state index contributed by atoms with van der Waals surface area (Å²) in [4.78, 5) is 0. The lowest BCUT2D eigenvalue weighted by Gasteiger charge is -2.12. The van der Waals surface area contributed by atoms with Crippen LogP contribution in [0.3, 0.4) is 0 Å². The van der Waals surface area contributed by atoms with Crippen molar-refractivity contribution in [2.75, 3.05) is 0 Å². The van der Waals surface area contributed by atoms with Crippen LogP contribution in [-0.2, 0) is 9.84 Å². The van der Waals surface area contributed by atoms with Crippen LogP contribution in [0.15, 0.2) is 54.1 Å². The van der Waals surface area contributed by atoms with Crippen LogP contribution in [-0.4, -0.2) is 24.0 Å². The molecule has 0 spiro atoms. The molecule has 2 heterocycles. The Morgan fingerprint density at radius 2 is 2.00 bits per heavy atom. The molecule has 1 aliphatic rings. The molecular formula is C15H14F2N2O2S. The second kappa shape index (κ2) is 5.31. The zero-order chi connectivity index (χ0) is 15.9. The van der Waals surface area contributed by atoms with Crippen molar-refractivity contribution in [3.05, 3.63) is 60.3 Å². The zero-order valence-corrected chi connectivity index (χ0v) is 12.4. The van der Waals surface area contributed by atoms with Crippen molar-refractivity contribution >= 4 is 9.84 Å². The quantitative estimate of drug-likeness (QED) is 0.812. The van der Waals surface area contributed by atoms with Crippen LogP contribution in [0.4, 0.5) is 8.78 Å². The van der Waals surface area contributed by atoms with Gasteiger partial charge >= 0.3 is 5.76 Å². The van der Waals surface area contributed by atoms with Crippen LogP contribution in [0.5, 0.6) is 0 Å². The summed E-state index contributed by atoms with van der Waals surface area (Å²) in [5, 5.41) is 3.36. The third-order valence-electron chi connectivity index (χ3n) is 3.89. The van der Waals surface area contributed by atoms with Gasteiger partial charge in [-0.15, -0.1) is 6.58 Å². The van der Waals surface area contributed by atoms with Gasteiger partial charge in [0.2, 0.25) is 0 Å². The van der Waals surface area contributed by atoms with E-state index in [9.17, 15) is 17.2 Å². The summed E-state index contributed by atoms with van der Waals surface area (Å²) < 4.78 is 50.2. The molecule has 116 valence electrons. The van der Waals surface area contributed by atoms with Gasteiger partial charge in [-0.25, -0.2) is 8.42 Å². The van der Waals surface area contributed by atoms with Crippen molar-refractivity contribution in [3.8, 4) is 0 Å². The first kappa shape index (κ1) is 14.9. The van der Waals surface area contributed by atoms with Crippen molar-refractivity contribution < 1.29 is 17.2 Å². The molecule has 0 fully saturated rings. The Kier molecular flexibility index (Phi) is 3.60. The maximum absolute atomic E-state index is 12.7. The Morgan fingerprint density at radius 1 is 1.32 bits per heavy atom. The SMILES string of the molecule is C=C[C@@H]1C[C@H](c2ccccc2)n2nc(S(=O)(=O)C(F)F)cc21. The number of sulfone groups is 1. The van der Waals surface area contributed by atoms with E-state index in [1.54, 1.807) is 6.08 Å². The van der Waals surface area contributed by atoms with Gasteiger partial charge < -0.3 is 0 Å². The van der Waals surface area contributed by atoms with Gasteiger partial charge in [-0.05, 0) is 18.1 Å². The number of benzene rings is 1. The molecule has 0 N–H and O–H groups in total. The first-order chi connectivity index (χ1) is 10.4. The number of nitrogens with zero attached hydrogens (tertiary/aromatic N) is 2. The zero-order valence-electron chi connectivity index (χ0n) is 11.6. The fourth-order valence-corrected chi connectivity index (χ4v) is 3.44. The monoisotopic (exact) mass is 324 g/mol. The van der Waals surface area contributed by atoms with E-state index in [0.717, 1.165) is 5.56 Å². The highest BCUT2D eigenvalue weighted by Crippen LogP contribution is 2.41. The molecule has 0 unspecified atom stereocenters. The summed E-state index contributed by atoms with van der Waals surface area (Å²) in [5.41, 5.74) is 1.56. The van der Waals surface area contributed by atoms with Crippen molar-refractivity contribution in [1.29, 1.82) is 0 Å². The van der Waals surface area contributed by atoms with Crippen molar-refractivity contribution in [2.24, 2.45) is 0 Å². The van der Waals surface area contributed by atoms with Gasteiger partial charge in [-0.1, -0.05) is 36.4 Å². The maximum Gasteiger partial charge on any atom is 0.342 e. The standard InChI is InChI=1S/C15H14F2N2O2S/c1-2-10-8-12(11-6-4-3-5-7-11)19-13(10)9-14(18-19)22(20,21)15(16)17/h2-7,9-10,12,15H,1,8H2/t10-,12-/m1/s1. The van der Waals surface area contributed by atoms with E-state index >= 15 is 0 Å². The molecule has 4 nitrogen and oxygen atoms in total. The molecule has 2 atom stereocenters. The fourth-order valence-electron chi connectivity index (χ4n) is 2.77. The molecule has 22 heavy (non-hydrogen) atoms. The number of rotatable bonds is 4. The minimum atomic E-state index is -4.69. The lowest BCUT2D eigenvalue weighted by molar-refractivity contribution is 0.234. The lowest BCUT2D eigenvalue weighted by atomic mass is 9.98. The van der Waals surface area contributed by atoms with E-state index < -0.39 is 20.6 Å². The smallest absolute Gasteiger partial charge is 0.260 e. The molecular weight excluding hydrogens is 310 g/mol. The highest BCUT2D eigenvalue weighted by Gasteiger charge is 2.37. The molecule has 1 aromatic heterocycles. The second-order valence-electron chi connectivity index (χ2n) is 5.16. The Morgan fingerprint density at radius 3 is 2.59 bits per heavy atom. The van der Waals surface area contributed by atoms with Crippen LogP contribution < -0.4 is 0 Å². The molecule has 0 radical (unpaired) electrons. The molecule has 1 aliphatic heterocycles. The normalized spacial score (nSPS) is 21.0. The summed E-state index contributed by atoms with van der Waals surface area (Å²) >= 11 is 0. The number of alkyl halides is 2. The number of allylic oxidation sites excluding steroid dienone is 1. The summed E-state index contributed by atoms with van der Waals surface area (Å²) in [6, 6.07) is 10.5. The molecule has 2 aromatic rings. The number of halogens is 2. The molecule has 3 rings (SSSR count). The summed E-state index contributed by atoms with van der Waals surface area (Å²) in [5.74, 6) is -3.58. The van der Waals surface area contributed by atoms with Crippen molar-refractivity contribution in [2.45, 2.75) is 29.2 Å². The summed E-state index contributed by atoms with van der Waals surface area (Å²) in [7, 11) is -4.69. The molecule has 7 heteroatoms. The van der Waals surface area contributed by atoms with Crippen molar-refractivity contribution in [1.82, 2.24) is 9.78 Å². The molecule has 1 aromatic carbocycles.